The van der Waals surface area contributed by atoms with Crippen molar-refractivity contribution in [1.82, 2.24) is 20.5 Å². The standard InChI is InChI=1S/C19H29FN6O3S/c1-30-19-21-16(15(20)17(22-19)25-8-4-5-9-25)23-24-18(28)14(11-26(29)12-27)10-13-6-2-3-7-13/h12-14,29H,2-11H2,1H3,(H,24,28)(H,21,22,23)/t14-/m1/s1. The third-order valence-electron chi connectivity index (χ3n) is 5.70. The molecule has 3 rings (SSSR count). The van der Waals surface area contributed by atoms with Crippen LogP contribution in [0.3, 0.4) is 0 Å². The number of halogens is 1. The predicted molar refractivity (Wildman–Crippen MR) is 112 cm³/mol. The first-order chi connectivity index (χ1) is 14.5. The van der Waals surface area contributed by atoms with Gasteiger partial charge >= 0.3 is 0 Å². The van der Waals surface area contributed by atoms with Gasteiger partial charge in [0.15, 0.2) is 16.8 Å². The summed E-state index contributed by atoms with van der Waals surface area (Å²) in [6.45, 7) is 1.35. The summed E-state index contributed by atoms with van der Waals surface area (Å²) < 4.78 is 15.0. The molecule has 2 aliphatic rings. The maximum absolute atomic E-state index is 15.0. The molecule has 2 fully saturated rings. The number of hydrogen-bond acceptors (Lipinski definition) is 8. The Bertz CT molecular complexity index is 743. The minimum Gasteiger partial charge on any atom is -0.354 e. The SMILES string of the molecule is CSc1nc(NNC(=O)[C@H](CC2CCCC2)CN(O)C=O)c(F)c(N2CCCC2)n1. The van der Waals surface area contributed by atoms with E-state index in [1.165, 1.54) is 11.8 Å². The van der Waals surface area contributed by atoms with Crippen LogP contribution < -0.4 is 15.8 Å². The minimum absolute atomic E-state index is 0.0968. The van der Waals surface area contributed by atoms with E-state index >= 15 is 4.39 Å². The molecular formula is C19H29FN6O3S. The van der Waals surface area contributed by atoms with Crippen LogP contribution >= 0.6 is 11.8 Å². The average molecular weight is 441 g/mol. The van der Waals surface area contributed by atoms with E-state index in [-0.39, 0.29) is 24.6 Å². The number of aromatic nitrogens is 2. The van der Waals surface area contributed by atoms with E-state index in [4.69, 9.17) is 0 Å². The summed E-state index contributed by atoms with van der Waals surface area (Å²) in [4.78, 5) is 33.9. The summed E-state index contributed by atoms with van der Waals surface area (Å²) in [7, 11) is 0. The molecule has 0 unspecified atom stereocenters. The minimum atomic E-state index is -0.612. The number of hydrazine groups is 1. The van der Waals surface area contributed by atoms with Crippen molar-refractivity contribution in [2.24, 2.45) is 11.8 Å². The Morgan fingerprint density at radius 1 is 1.33 bits per heavy atom. The Kier molecular flexibility index (Phi) is 8.08. The van der Waals surface area contributed by atoms with Crippen LogP contribution in [0.5, 0.6) is 0 Å². The lowest BCUT2D eigenvalue weighted by molar-refractivity contribution is -0.154. The highest BCUT2D eigenvalue weighted by atomic mass is 32.2. The van der Waals surface area contributed by atoms with E-state index in [1.54, 1.807) is 6.26 Å². The molecule has 3 N–H and O–H groups in total. The molecule has 1 atom stereocenters. The highest BCUT2D eigenvalue weighted by Gasteiger charge is 2.28. The molecule has 9 nitrogen and oxygen atoms in total. The zero-order chi connectivity index (χ0) is 21.5. The van der Waals surface area contributed by atoms with Gasteiger partial charge in [-0.25, -0.2) is 15.0 Å². The molecule has 2 heterocycles. The highest BCUT2D eigenvalue weighted by molar-refractivity contribution is 7.98. The average Bonchev–Trinajstić information content (AvgIpc) is 3.46. The number of carbonyl (C=O) groups is 2. The van der Waals surface area contributed by atoms with Gasteiger partial charge in [0, 0.05) is 13.1 Å². The van der Waals surface area contributed by atoms with Gasteiger partial charge in [0.25, 0.3) is 0 Å². The van der Waals surface area contributed by atoms with Gasteiger partial charge < -0.3 is 4.90 Å². The van der Waals surface area contributed by atoms with E-state index in [0.29, 0.717) is 22.6 Å². The number of nitrogens with zero attached hydrogens (tertiary/aromatic N) is 4. The Morgan fingerprint density at radius 3 is 2.67 bits per heavy atom. The van der Waals surface area contributed by atoms with Gasteiger partial charge in [-0.3, -0.25) is 25.6 Å². The fraction of sp³-hybridized carbons (Fsp3) is 0.684. The van der Waals surface area contributed by atoms with E-state index in [0.717, 1.165) is 51.6 Å². The zero-order valence-electron chi connectivity index (χ0n) is 17.1. The Labute approximate surface area is 179 Å². The second kappa shape index (κ2) is 10.8. The van der Waals surface area contributed by atoms with Crippen molar-refractivity contribution >= 4 is 35.7 Å². The van der Waals surface area contributed by atoms with Gasteiger partial charge in [-0.2, -0.15) is 4.39 Å². The molecule has 1 saturated heterocycles. The topological polar surface area (TPSA) is 111 Å². The van der Waals surface area contributed by atoms with E-state index in [9.17, 15) is 14.8 Å². The maximum Gasteiger partial charge on any atom is 0.243 e. The Hall–Kier alpha value is -2.14. The first kappa shape index (κ1) is 22.5. The molecule has 1 aromatic heterocycles. The monoisotopic (exact) mass is 440 g/mol. The summed E-state index contributed by atoms with van der Waals surface area (Å²) in [5.74, 6) is -1.14. The molecule has 1 aromatic rings. The molecule has 0 spiro atoms. The second-order valence-corrected chi connectivity index (χ2v) is 8.59. The number of hydroxylamine groups is 2. The largest absolute Gasteiger partial charge is 0.354 e. The molecule has 1 aliphatic carbocycles. The Morgan fingerprint density at radius 2 is 2.03 bits per heavy atom. The first-order valence-electron chi connectivity index (χ1n) is 10.3. The number of rotatable bonds is 10. The van der Waals surface area contributed by atoms with Crippen LogP contribution in [0.2, 0.25) is 0 Å². The molecule has 166 valence electrons. The second-order valence-electron chi connectivity index (χ2n) is 7.82. The normalized spacial score (nSPS) is 17.8. The fourth-order valence-electron chi connectivity index (χ4n) is 4.13. The Balaban J connectivity index is 1.70. The van der Waals surface area contributed by atoms with Crippen molar-refractivity contribution in [3.05, 3.63) is 5.82 Å². The van der Waals surface area contributed by atoms with Gasteiger partial charge in [-0.05, 0) is 31.4 Å². The molecule has 11 heteroatoms. The van der Waals surface area contributed by atoms with Crippen LogP contribution in [0.25, 0.3) is 0 Å². The highest BCUT2D eigenvalue weighted by Crippen LogP contribution is 2.31. The fourth-order valence-corrected chi connectivity index (χ4v) is 4.49. The van der Waals surface area contributed by atoms with Crippen molar-refractivity contribution in [3.8, 4) is 0 Å². The lowest BCUT2D eigenvalue weighted by atomic mass is 9.92. The van der Waals surface area contributed by atoms with Crippen LogP contribution in [0, 0.1) is 17.7 Å². The van der Waals surface area contributed by atoms with Crippen molar-refractivity contribution < 1.29 is 19.2 Å². The van der Waals surface area contributed by atoms with Crippen LogP contribution in [-0.2, 0) is 9.59 Å². The molecule has 0 bridgehead atoms. The summed E-state index contributed by atoms with van der Waals surface area (Å²) in [5, 5.41) is 10.5. The lowest BCUT2D eigenvalue weighted by Crippen LogP contribution is -2.41. The van der Waals surface area contributed by atoms with Gasteiger partial charge in [-0.1, -0.05) is 37.4 Å². The summed E-state index contributed by atoms with van der Waals surface area (Å²) in [5.41, 5.74) is 5.11. The third kappa shape index (κ3) is 5.72. The number of nitrogens with one attached hydrogen (secondary N) is 2. The van der Waals surface area contributed by atoms with Gasteiger partial charge in [0.2, 0.25) is 18.1 Å². The maximum atomic E-state index is 15.0. The zero-order valence-corrected chi connectivity index (χ0v) is 18.0. The number of thioether (sulfide) groups is 1. The number of carbonyl (C=O) groups excluding carboxylic acids is 2. The summed E-state index contributed by atoms with van der Waals surface area (Å²) in [6, 6.07) is 0. The molecule has 1 saturated carbocycles. The van der Waals surface area contributed by atoms with Crippen molar-refractivity contribution in [1.29, 1.82) is 0 Å². The van der Waals surface area contributed by atoms with Crippen molar-refractivity contribution in [3.63, 3.8) is 0 Å². The van der Waals surface area contributed by atoms with E-state index in [2.05, 4.69) is 20.8 Å². The van der Waals surface area contributed by atoms with Crippen molar-refractivity contribution in [2.45, 2.75) is 50.1 Å². The predicted octanol–water partition coefficient (Wildman–Crippen LogP) is 2.43. The van der Waals surface area contributed by atoms with Gasteiger partial charge in [0.1, 0.15) is 0 Å². The van der Waals surface area contributed by atoms with Gasteiger partial charge in [-0.15, -0.1) is 0 Å². The quantitative estimate of drug-likeness (QED) is 0.167. The van der Waals surface area contributed by atoms with Crippen molar-refractivity contribution in [2.75, 3.05) is 36.2 Å². The number of amides is 2. The van der Waals surface area contributed by atoms with Crippen LogP contribution in [-0.4, -0.2) is 58.4 Å². The van der Waals surface area contributed by atoms with E-state index < -0.39 is 17.6 Å². The van der Waals surface area contributed by atoms with Crippen LogP contribution in [0.4, 0.5) is 16.0 Å². The lowest BCUT2D eigenvalue weighted by Gasteiger charge is -2.23. The third-order valence-corrected chi connectivity index (χ3v) is 6.25. The van der Waals surface area contributed by atoms with Gasteiger partial charge in [0.05, 0.1) is 12.5 Å². The smallest absolute Gasteiger partial charge is 0.243 e. The summed E-state index contributed by atoms with van der Waals surface area (Å²) in [6.07, 6.45) is 8.90. The van der Waals surface area contributed by atoms with Crippen LogP contribution in [0.15, 0.2) is 5.16 Å². The molecule has 1 aliphatic heterocycles. The molecule has 0 radical (unpaired) electrons. The molecule has 2 amide bonds. The molecule has 30 heavy (non-hydrogen) atoms. The first-order valence-corrected chi connectivity index (χ1v) is 11.6. The summed E-state index contributed by atoms with van der Waals surface area (Å²) >= 11 is 1.29. The van der Waals surface area contributed by atoms with Crippen LogP contribution in [0.1, 0.15) is 44.9 Å². The molecule has 0 aromatic carbocycles. The number of hydrogen-bond donors (Lipinski definition) is 3. The van der Waals surface area contributed by atoms with E-state index in [1.807, 2.05) is 4.90 Å². The molecular weight excluding hydrogens is 411 g/mol. The number of anilines is 2.